The second-order valence-corrected chi connectivity index (χ2v) is 5.66. The molecule has 0 amide bonds. The molecular formula is C20H18O. The van der Waals surface area contributed by atoms with Gasteiger partial charge in [0.1, 0.15) is 11.5 Å². The highest BCUT2D eigenvalue weighted by molar-refractivity contribution is 5.73. The summed E-state index contributed by atoms with van der Waals surface area (Å²) >= 11 is 0. The van der Waals surface area contributed by atoms with Crippen LogP contribution in [-0.2, 0) is 12.8 Å². The van der Waals surface area contributed by atoms with Crippen molar-refractivity contribution < 1.29 is 4.42 Å². The molecule has 0 aliphatic heterocycles. The first kappa shape index (κ1) is 12.5. The number of benzene rings is 2. The minimum absolute atomic E-state index is 1.07. The van der Waals surface area contributed by atoms with Gasteiger partial charge in [0.15, 0.2) is 0 Å². The molecule has 104 valence electrons. The first-order valence-electron chi connectivity index (χ1n) is 7.69. The summed E-state index contributed by atoms with van der Waals surface area (Å²) in [6.45, 7) is 0. The Bertz CT molecular complexity index is 674. The lowest BCUT2D eigenvalue weighted by Crippen LogP contribution is -2.01. The van der Waals surface area contributed by atoms with Gasteiger partial charge in [-0.25, -0.2) is 0 Å². The maximum absolute atomic E-state index is 6.34. The van der Waals surface area contributed by atoms with Gasteiger partial charge in [0.05, 0.1) is 0 Å². The van der Waals surface area contributed by atoms with Crippen molar-refractivity contribution in [2.45, 2.75) is 25.7 Å². The van der Waals surface area contributed by atoms with Gasteiger partial charge in [0.2, 0.25) is 0 Å². The van der Waals surface area contributed by atoms with Crippen molar-refractivity contribution in [2.24, 2.45) is 0 Å². The van der Waals surface area contributed by atoms with E-state index in [0.717, 1.165) is 24.4 Å². The van der Waals surface area contributed by atoms with Crippen LogP contribution in [0.25, 0.3) is 22.6 Å². The molecule has 3 aromatic rings. The van der Waals surface area contributed by atoms with E-state index in [1.54, 1.807) is 0 Å². The number of rotatable bonds is 2. The minimum atomic E-state index is 1.07. The van der Waals surface area contributed by atoms with Gasteiger partial charge in [-0.05, 0) is 25.7 Å². The molecule has 1 aliphatic carbocycles. The number of hydrogen-bond acceptors (Lipinski definition) is 1. The second-order valence-electron chi connectivity index (χ2n) is 5.66. The molecule has 0 saturated carbocycles. The van der Waals surface area contributed by atoms with E-state index in [0.29, 0.717) is 0 Å². The molecule has 0 unspecified atom stereocenters. The van der Waals surface area contributed by atoms with E-state index in [9.17, 15) is 0 Å². The second kappa shape index (κ2) is 5.25. The molecule has 0 spiro atoms. The Hall–Kier alpha value is -2.28. The van der Waals surface area contributed by atoms with Crippen molar-refractivity contribution in [3.8, 4) is 22.6 Å². The molecule has 0 bridgehead atoms. The van der Waals surface area contributed by atoms with Crippen LogP contribution in [0, 0.1) is 0 Å². The molecule has 0 radical (unpaired) electrons. The number of furan rings is 1. The van der Waals surface area contributed by atoms with E-state index in [1.165, 1.54) is 35.1 Å². The molecule has 21 heavy (non-hydrogen) atoms. The Labute approximate surface area is 125 Å². The van der Waals surface area contributed by atoms with E-state index >= 15 is 0 Å². The van der Waals surface area contributed by atoms with Crippen molar-refractivity contribution in [1.82, 2.24) is 0 Å². The highest BCUT2D eigenvalue weighted by Crippen LogP contribution is 2.40. The SMILES string of the molecule is c1ccc(-c2oc(-c3ccccc3)c3c2CCCC3)cc1. The van der Waals surface area contributed by atoms with Crippen LogP contribution in [0.1, 0.15) is 24.0 Å². The lowest BCUT2D eigenvalue weighted by molar-refractivity contribution is 0.593. The lowest BCUT2D eigenvalue weighted by atomic mass is 9.89. The summed E-state index contributed by atoms with van der Waals surface area (Å²) in [5.74, 6) is 2.15. The quantitative estimate of drug-likeness (QED) is 0.602. The standard InChI is InChI=1S/C20H18O/c1-3-9-15(10-4-1)19-17-13-7-8-14-18(17)20(21-19)16-11-5-2-6-12-16/h1-6,9-12H,7-8,13-14H2. The molecule has 4 rings (SSSR count). The number of fused-ring (bicyclic) bond motifs is 1. The highest BCUT2D eigenvalue weighted by Gasteiger charge is 2.24. The minimum Gasteiger partial charge on any atom is -0.456 e. The van der Waals surface area contributed by atoms with Crippen LogP contribution in [0.2, 0.25) is 0 Å². The van der Waals surface area contributed by atoms with Gasteiger partial charge >= 0.3 is 0 Å². The zero-order valence-electron chi connectivity index (χ0n) is 12.0. The van der Waals surface area contributed by atoms with Crippen molar-refractivity contribution in [3.63, 3.8) is 0 Å². The summed E-state index contributed by atoms with van der Waals surface area (Å²) in [4.78, 5) is 0. The van der Waals surface area contributed by atoms with Crippen molar-refractivity contribution in [3.05, 3.63) is 71.8 Å². The fraction of sp³-hybridized carbons (Fsp3) is 0.200. The fourth-order valence-corrected chi connectivity index (χ4v) is 3.28. The van der Waals surface area contributed by atoms with E-state index in [2.05, 4.69) is 60.7 Å². The topological polar surface area (TPSA) is 13.1 Å². The van der Waals surface area contributed by atoms with Crippen LogP contribution in [0.3, 0.4) is 0 Å². The third-order valence-corrected chi connectivity index (χ3v) is 4.29. The van der Waals surface area contributed by atoms with Gasteiger partial charge in [-0.2, -0.15) is 0 Å². The molecule has 1 nitrogen and oxygen atoms in total. The summed E-state index contributed by atoms with van der Waals surface area (Å²) < 4.78 is 6.34. The third-order valence-electron chi connectivity index (χ3n) is 4.29. The van der Waals surface area contributed by atoms with E-state index in [4.69, 9.17) is 4.42 Å². The van der Waals surface area contributed by atoms with Crippen LogP contribution in [0.5, 0.6) is 0 Å². The average Bonchev–Trinajstić information content (AvgIpc) is 2.96. The summed E-state index contributed by atoms with van der Waals surface area (Å²) in [6, 6.07) is 21.0. The van der Waals surface area contributed by atoms with E-state index in [-0.39, 0.29) is 0 Å². The zero-order chi connectivity index (χ0) is 14.1. The van der Waals surface area contributed by atoms with Crippen molar-refractivity contribution in [1.29, 1.82) is 0 Å². The number of hydrogen-bond donors (Lipinski definition) is 0. The van der Waals surface area contributed by atoms with Gasteiger partial charge in [0, 0.05) is 22.3 Å². The van der Waals surface area contributed by atoms with Gasteiger partial charge in [-0.15, -0.1) is 0 Å². The van der Waals surface area contributed by atoms with Crippen LogP contribution in [0.4, 0.5) is 0 Å². The largest absolute Gasteiger partial charge is 0.456 e. The first-order chi connectivity index (χ1) is 10.4. The zero-order valence-corrected chi connectivity index (χ0v) is 12.0. The maximum Gasteiger partial charge on any atom is 0.138 e. The molecule has 1 heterocycles. The smallest absolute Gasteiger partial charge is 0.138 e. The van der Waals surface area contributed by atoms with Gasteiger partial charge in [-0.1, -0.05) is 60.7 Å². The Morgan fingerprint density at radius 3 is 1.43 bits per heavy atom. The Kier molecular flexibility index (Phi) is 3.11. The Morgan fingerprint density at radius 1 is 0.571 bits per heavy atom. The summed E-state index contributed by atoms with van der Waals surface area (Å²) in [7, 11) is 0. The van der Waals surface area contributed by atoms with Crippen LogP contribution < -0.4 is 0 Å². The van der Waals surface area contributed by atoms with Gasteiger partial charge < -0.3 is 4.42 Å². The molecule has 1 aliphatic rings. The van der Waals surface area contributed by atoms with Crippen LogP contribution in [-0.4, -0.2) is 0 Å². The molecule has 0 N–H and O–H groups in total. The van der Waals surface area contributed by atoms with Crippen molar-refractivity contribution >= 4 is 0 Å². The molecule has 0 fully saturated rings. The molecular weight excluding hydrogens is 256 g/mol. The molecule has 2 aromatic carbocycles. The molecule has 0 atom stereocenters. The highest BCUT2D eigenvalue weighted by atomic mass is 16.3. The maximum atomic E-state index is 6.34. The normalized spacial score (nSPS) is 13.9. The fourth-order valence-electron chi connectivity index (χ4n) is 3.28. The van der Waals surface area contributed by atoms with Gasteiger partial charge in [-0.3, -0.25) is 0 Å². The average molecular weight is 274 g/mol. The summed E-state index contributed by atoms with van der Waals surface area (Å²) in [5.41, 5.74) is 5.23. The van der Waals surface area contributed by atoms with E-state index in [1.807, 2.05) is 0 Å². The van der Waals surface area contributed by atoms with Crippen LogP contribution in [0.15, 0.2) is 65.1 Å². The van der Waals surface area contributed by atoms with Crippen molar-refractivity contribution in [2.75, 3.05) is 0 Å². The predicted molar refractivity (Wildman–Crippen MR) is 86.2 cm³/mol. The summed E-state index contributed by atoms with van der Waals surface area (Å²) in [5, 5.41) is 0. The van der Waals surface area contributed by atoms with Gasteiger partial charge in [0.25, 0.3) is 0 Å². The molecule has 0 saturated heterocycles. The molecule has 1 heteroatoms. The third kappa shape index (κ3) is 2.19. The molecule has 1 aromatic heterocycles. The Balaban J connectivity index is 1.92. The van der Waals surface area contributed by atoms with E-state index < -0.39 is 0 Å². The lowest BCUT2D eigenvalue weighted by Gasteiger charge is -2.12. The monoisotopic (exact) mass is 274 g/mol. The Morgan fingerprint density at radius 2 is 1.00 bits per heavy atom. The first-order valence-corrected chi connectivity index (χ1v) is 7.69. The predicted octanol–water partition coefficient (Wildman–Crippen LogP) is 5.49. The summed E-state index contributed by atoms with van der Waals surface area (Å²) in [6.07, 6.45) is 4.80. The van der Waals surface area contributed by atoms with Crippen LogP contribution >= 0.6 is 0 Å².